The second kappa shape index (κ2) is 9.09. The van der Waals surface area contributed by atoms with Gasteiger partial charge in [-0.15, -0.1) is 0 Å². The average Bonchev–Trinajstić information content (AvgIpc) is 3.10. The van der Waals surface area contributed by atoms with E-state index in [0.29, 0.717) is 72.8 Å². The van der Waals surface area contributed by atoms with Gasteiger partial charge in [-0.05, 0) is 18.6 Å². The molecule has 0 aliphatic carbocycles. The molecule has 4 rings (SSSR count). The minimum Gasteiger partial charge on any atom is -0.385 e. The van der Waals surface area contributed by atoms with E-state index in [4.69, 9.17) is 9.73 Å². The fraction of sp³-hybridized carbons (Fsp3) is 0.500. The summed E-state index contributed by atoms with van der Waals surface area (Å²) in [6, 6.07) is 7.22. The first-order valence-corrected chi connectivity index (χ1v) is 10.8. The summed E-state index contributed by atoms with van der Waals surface area (Å²) in [7, 11) is 1.61. The van der Waals surface area contributed by atoms with Crippen molar-refractivity contribution in [2.45, 2.75) is 18.6 Å². The van der Waals surface area contributed by atoms with E-state index in [1.165, 1.54) is 0 Å². The first-order chi connectivity index (χ1) is 14.9. The van der Waals surface area contributed by atoms with Gasteiger partial charge < -0.3 is 15.0 Å². The van der Waals surface area contributed by atoms with Crippen LogP contribution in [-0.4, -0.2) is 73.2 Å². The van der Waals surface area contributed by atoms with Crippen LogP contribution in [0.1, 0.15) is 17.1 Å². The Morgan fingerprint density at radius 2 is 2.06 bits per heavy atom. The van der Waals surface area contributed by atoms with E-state index in [-0.39, 0.29) is 11.7 Å². The average molecular weight is 457 g/mol. The van der Waals surface area contributed by atoms with Crippen molar-refractivity contribution in [1.29, 1.82) is 0 Å². The molecule has 0 bridgehead atoms. The molecule has 31 heavy (non-hydrogen) atoms. The molecule has 1 saturated heterocycles. The fourth-order valence-corrected chi connectivity index (χ4v) is 4.72. The summed E-state index contributed by atoms with van der Waals surface area (Å²) in [6.45, 7) is 1.98. The van der Waals surface area contributed by atoms with Gasteiger partial charge in [0.1, 0.15) is 17.4 Å². The lowest BCUT2D eigenvalue weighted by Gasteiger charge is -2.42. The summed E-state index contributed by atoms with van der Waals surface area (Å²) < 4.78 is 58.4. The number of ether oxygens (including phenoxy) is 1. The quantitative estimate of drug-likeness (QED) is 0.679. The van der Waals surface area contributed by atoms with E-state index in [9.17, 15) is 17.6 Å². The number of aromatic nitrogens is 1. The number of piperazine rings is 1. The molecule has 3 heterocycles. The van der Waals surface area contributed by atoms with Crippen LogP contribution in [0.15, 0.2) is 29.3 Å². The standard InChI is InChI=1S/C20H23F4N5OS/c1-30-11-6-13-12-29(10-9-28(13)8-7-21)17-16-18(31-19(27-16)20(22,23)24)26-15-5-3-2-4-14(15)25-17/h2-5,13,26H,6-12H2,1H3/t13-/m0/s1. The lowest BCUT2D eigenvalue weighted by molar-refractivity contribution is -0.137. The monoisotopic (exact) mass is 457 g/mol. The zero-order valence-electron chi connectivity index (χ0n) is 17.0. The number of anilines is 2. The number of nitrogens with one attached hydrogen (secondary N) is 1. The number of methoxy groups -OCH3 is 1. The highest BCUT2D eigenvalue weighted by Crippen LogP contribution is 2.42. The molecule has 2 aliphatic rings. The lowest BCUT2D eigenvalue weighted by atomic mass is 10.1. The Labute approximate surface area is 181 Å². The minimum atomic E-state index is -4.54. The number of fused-ring (bicyclic) bond motifs is 2. The summed E-state index contributed by atoms with van der Waals surface area (Å²) in [5.74, 6) is 0.404. The van der Waals surface area contributed by atoms with Crippen LogP contribution in [0.2, 0.25) is 0 Å². The molecule has 2 aromatic rings. The van der Waals surface area contributed by atoms with Crippen molar-refractivity contribution in [2.75, 3.05) is 51.9 Å². The third-order valence-corrected chi connectivity index (χ3v) is 6.41. The number of benzene rings is 1. The summed E-state index contributed by atoms with van der Waals surface area (Å²) in [5.41, 5.74) is 1.46. The Balaban J connectivity index is 1.72. The molecule has 1 aromatic heterocycles. The fourth-order valence-electron chi connectivity index (χ4n) is 3.88. The summed E-state index contributed by atoms with van der Waals surface area (Å²) in [6.07, 6.45) is -3.85. The van der Waals surface area contributed by atoms with Crippen LogP contribution in [0, 0.1) is 0 Å². The van der Waals surface area contributed by atoms with Crippen LogP contribution < -0.4 is 5.32 Å². The number of nitrogens with zero attached hydrogens (tertiary/aromatic N) is 4. The molecule has 1 fully saturated rings. The van der Waals surface area contributed by atoms with Crippen LogP contribution in [-0.2, 0) is 10.9 Å². The number of rotatable bonds is 5. The molecule has 6 nitrogen and oxygen atoms in total. The third kappa shape index (κ3) is 4.68. The number of thiazole rings is 1. The number of hydrogen-bond acceptors (Lipinski definition) is 7. The van der Waals surface area contributed by atoms with Crippen molar-refractivity contribution < 1.29 is 22.3 Å². The molecule has 168 valence electrons. The van der Waals surface area contributed by atoms with Crippen molar-refractivity contribution in [3.63, 3.8) is 0 Å². The Kier molecular flexibility index (Phi) is 6.44. The van der Waals surface area contributed by atoms with Gasteiger partial charge in [0.25, 0.3) is 0 Å². The molecule has 0 saturated carbocycles. The summed E-state index contributed by atoms with van der Waals surface area (Å²) in [5, 5.41) is 2.48. The summed E-state index contributed by atoms with van der Waals surface area (Å²) >= 11 is 0.576. The lowest BCUT2D eigenvalue weighted by Crippen LogP contribution is -2.55. The van der Waals surface area contributed by atoms with E-state index < -0.39 is 17.9 Å². The van der Waals surface area contributed by atoms with Crippen molar-refractivity contribution in [3.8, 4) is 0 Å². The van der Waals surface area contributed by atoms with Crippen LogP contribution in [0.4, 0.5) is 33.9 Å². The van der Waals surface area contributed by atoms with Crippen LogP contribution in [0.3, 0.4) is 0 Å². The number of alkyl halides is 4. The number of para-hydroxylation sites is 2. The first-order valence-electron chi connectivity index (χ1n) is 9.97. The van der Waals surface area contributed by atoms with Gasteiger partial charge in [-0.25, -0.2) is 14.4 Å². The highest BCUT2D eigenvalue weighted by molar-refractivity contribution is 7.16. The maximum absolute atomic E-state index is 13.4. The van der Waals surface area contributed by atoms with E-state index in [2.05, 4.69) is 15.2 Å². The van der Waals surface area contributed by atoms with Crippen LogP contribution in [0.5, 0.6) is 0 Å². The van der Waals surface area contributed by atoms with Crippen molar-refractivity contribution >= 4 is 33.5 Å². The summed E-state index contributed by atoms with van der Waals surface area (Å²) in [4.78, 5) is 12.7. The van der Waals surface area contributed by atoms with Gasteiger partial charge >= 0.3 is 6.18 Å². The highest BCUT2D eigenvalue weighted by Gasteiger charge is 2.39. The SMILES string of the molecule is COCC[C@H]1CN(C2=Nc3ccccc3Nc3sc(C(F)(F)F)nc32)CCN1CCF. The van der Waals surface area contributed by atoms with Gasteiger partial charge in [0.15, 0.2) is 5.84 Å². The first kappa shape index (κ1) is 22.0. The Hall–Kier alpha value is -2.24. The number of aliphatic imine (C=N–C) groups is 1. The molecular weight excluding hydrogens is 434 g/mol. The zero-order valence-corrected chi connectivity index (χ0v) is 17.8. The largest absolute Gasteiger partial charge is 0.443 e. The van der Waals surface area contributed by atoms with Crippen molar-refractivity contribution in [1.82, 2.24) is 14.8 Å². The van der Waals surface area contributed by atoms with Crippen LogP contribution >= 0.6 is 11.3 Å². The van der Waals surface area contributed by atoms with E-state index in [0.717, 1.165) is 0 Å². The van der Waals surface area contributed by atoms with Crippen molar-refractivity contribution in [3.05, 3.63) is 35.0 Å². The third-order valence-electron chi connectivity index (χ3n) is 5.39. The number of amidine groups is 1. The second-order valence-electron chi connectivity index (χ2n) is 7.38. The Morgan fingerprint density at radius 1 is 1.26 bits per heavy atom. The predicted octanol–water partition coefficient (Wildman–Crippen LogP) is 4.29. The van der Waals surface area contributed by atoms with E-state index in [1.54, 1.807) is 19.2 Å². The molecule has 0 unspecified atom stereocenters. The predicted molar refractivity (Wildman–Crippen MR) is 112 cm³/mol. The Morgan fingerprint density at radius 3 is 2.81 bits per heavy atom. The smallest absolute Gasteiger partial charge is 0.385 e. The molecule has 2 aliphatic heterocycles. The minimum absolute atomic E-state index is 0.00257. The Bertz CT molecular complexity index is 948. The number of halogens is 4. The molecule has 0 radical (unpaired) electrons. The number of hydrogen-bond donors (Lipinski definition) is 1. The molecule has 11 heteroatoms. The van der Waals surface area contributed by atoms with Gasteiger partial charge in [-0.1, -0.05) is 23.5 Å². The molecular formula is C20H23F4N5OS. The molecule has 0 spiro atoms. The van der Waals surface area contributed by atoms with E-state index in [1.807, 2.05) is 17.0 Å². The van der Waals surface area contributed by atoms with E-state index >= 15 is 0 Å². The maximum atomic E-state index is 13.4. The maximum Gasteiger partial charge on any atom is 0.443 e. The zero-order chi connectivity index (χ0) is 22.0. The highest BCUT2D eigenvalue weighted by atomic mass is 32.1. The molecule has 1 N–H and O–H groups in total. The molecule has 1 aromatic carbocycles. The molecule has 1 atom stereocenters. The topological polar surface area (TPSA) is 53.0 Å². The van der Waals surface area contributed by atoms with Gasteiger partial charge in [0, 0.05) is 45.9 Å². The van der Waals surface area contributed by atoms with Crippen LogP contribution in [0.25, 0.3) is 0 Å². The molecule has 0 amide bonds. The van der Waals surface area contributed by atoms with Crippen molar-refractivity contribution in [2.24, 2.45) is 4.99 Å². The van der Waals surface area contributed by atoms with Gasteiger partial charge in [0.2, 0.25) is 5.01 Å². The second-order valence-corrected chi connectivity index (χ2v) is 8.38. The van der Waals surface area contributed by atoms with Gasteiger partial charge in [-0.3, -0.25) is 4.90 Å². The van der Waals surface area contributed by atoms with Gasteiger partial charge in [0.05, 0.1) is 11.4 Å². The normalized spacial score (nSPS) is 19.3. The van der Waals surface area contributed by atoms with Gasteiger partial charge in [-0.2, -0.15) is 13.2 Å².